The van der Waals surface area contributed by atoms with Crippen LogP contribution in [0.2, 0.25) is 0 Å². The number of aromatic hydroxyl groups is 2. The summed E-state index contributed by atoms with van der Waals surface area (Å²) in [7, 11) is 4.56. The van der Waals surface area contributed by atoms with Gasteiger partial charge in [-0.3, -0.25) is 43.2 Å². The van der Waals surface area contributed by atoms with Crippen LogP contribution in [0.5, 0.6) is 17.2 Å². The van der Waals surface area contributed by atoms with E-state index in [1.165, 1.54) is 116 Å². The maximum Gasteiger partial charge on any atom is 0.278 e. The second-order valence-electron chi connectivity index (χ2n) is 21.0. The van der Waals surface area contributed by atoms with Gasteiger partial charge in [0.1, 0.15) is 24.1 Å². The third-order valence-electron chi connectivity index (χ3n) is 14.9. The number of nitrogens with zero attached hydrogens (tertiary/aromatic N) is 6. The minimum atomic E-state index is -0.884. The van der Waals surface area contributed by atoms with Crippen molar-refractivity contribution >= 4 is 42.7 Å². The summed E-state index contributed by atoms with van der Waals surface area (Å²) in [5.74, 6) is -4.49. The molecular weight excluding hydrogens is 1330 g/mol. The van der Waals surface area contributed by atoms with E-state index in [9.17, 15) is 66.5 Å². The van der Waals surface area contributed by atoms with Gasteiger partial charge in [-0.2, -0.15) is 0 Å². The van der Waals surface area contributed by atoms with Crippen molar-refractivity contribution in [1.29, 1.82) is 0 Å². The Labute approximate surface area is 561 Å². The van der Waals surface area contributed by atoms with Gasteiger partial charge in [-0.25, -0.2) is 13.2 Å². The monoisotopic (exact) mass is 1400 g/mol. The van der Waals surface area contributed by atoms with Crippen LogP contribution in [-0.2, 0) is 80.1 Å². The summed E-state index contributed by atoms with van der Waals surface area (Å²) in [5.41, 5.74) is -0.905. The molecule has 1 aliphatic heterocycles. The molecule has 5 aromatic heterocycles. The Morgan fingerprint density at radius 1 is 0.495 bits per heavy atom. The predicted octanol–water partition coefficient (Wildman–Crippen LogP) is 6.71. The number of aromatic nitrogens is 5. The number of halogens is 3. The van der Waals surface area contributed by atoms with E-state index in [0.717, 1.165) is 22.3 Å². The Morgan fingerprint density at radius 2 is 0.895 bits per heavy atom. The van der Waals surface area contributed by atoms with Crippen molar-refractivity contribution in [2.45, 2.75) is 64.8 Å². The first-order chi connectivity index (χ1) is 43.8. The molecule has 1 aliphatic rings. The van der Waals surface area contributed by atoms with Crippen LogP contribution in [0.15, 0.2) is 170 Å². The van der Waals surface area contributed by atoms with E-state index < -0.39 is 56.4 Å². The van der Waals surface area contributed by atoms with Crippen molar-refractivity contribution in [3.63, 3.8) is 0 Å². The molecule has 6 heterocycles. The van der Waals surface area contributed by atoms with Gasteiger partial charge in [0.2, 0.25) is 16.3 Å². The quantitative estimate of drug-likeness (QED) is 0.0362. The number of hydrogen-bond donors (Lipinski definition) is 2. The molecule has 21 nitrogen and oxygen atoms in total. The third kappa shape index (κ3) is 19.5. The Morgan fingerprint density at radius 3 is 1.35 bits per heavy atom. The van der Waals surface area contributed by atoms with E-state index in [4.69, 9.17) is 18.9 Å². The maximum atomic E-state index is 13.4. The van der Waals surface area contributed by atoms with Gasteiger partial charge in [0.25, 0.3) is 17.0 Å². The number of ether oxygens (including phenoxy) is 4. The van der Waals surface area contributed by atoms with E-state index in [0.29, 0.717) is 65.3 Å². The van der Waals surface area contributed by atoms with Gasteiger partial charge in [-0.05, 0) is 77.9 Å². The van der Waals surface area contributed by atoms with Crippen molar-refractivity contribution in [1.82, 2.24) is 27.4 Å². The van der Waals surface area contributed by atoms with Crippen molar-refractivity contribution < 1.29 is 83.4 Å². The van der Waals surface area contributed by atoms with Gasteiger partial charge < -0.3 is 71.4 Å². The number of amides is 1. The zero-order chi connectivity index (χ0) is 65.3. The molecule has 95 heavy (non-hydrogen) atoms. The van der Waals surface area contributed by atoms with Crippen molar-refractivity contribution in [3.8, 4) is 17.2 Å². The molecule has 0 atom stereocenters. The van der Waals surface area contributed by atoms with Crippen molar-refractivity contribution in [2.24, 2.45) is 0 Å². The summed E-state index contributed by atoms with van der Waals surface area (Å²) in [5, 5.41) is 20.6. The normalized spacial score (nSPS) is 11.3. The number of carbonyl (C=O) groups excluding carboxylic acids is 4. The van der Waals surface area contributed by atoms with E-state index in [1.807, 2.05) is 30.3 Å². The minimum absolute atomic E-state index is 0. The standard InChI is InChI=1S/C27H25FN2O5.C20H21FN2O5.C20H19FN2O5.2CH3.BH4.Pd.H2/c1-34-16-15-29-13-14-30-17-22(23(31)12-9-19-7-10-21(28)11-8-19)25(32)26(24(30)27(29)33)35-18-20-5-3-2-4-6-20;2*1-28-11-10-22-8-9-23-12-15(18(25)19(26)17(23)20(22)27)16(24)7-4-13-2-5-14(21)6-3-13;;;;;/h2-8,10-11,13-14,17H,9,12,15-16,18H2,1H3;2-3,5-6,12,26H,4,7-11H2,1H3;2-3,5-6,8-9,12,26H,4,7,10-11H2,1H3;2*1H3;1H4;;1H/q;;;3*-1;;. The van der Waals surface area contributed by atoms with Gasteiger partial charge >= 0.3 is 0 Å². The van der Waals surface area contributed by atoms with Crippen LogP contribution in [0.1, 0.15) is 84.5 Å². The SMILES string of the molecule is COCCN1CCn2cc(C(=O)CCc3ccc(F)cc3)c(=O)c(O)c2C1=O.COCCn1ccn2cc(C(=O)CCc3ccc(F)cc3)c(=O)c(O)c2c1=O.COCCn1ccn2cc(C(=O)CCc3ccc(F)cc3)c(=O)c(OCc3ccccc3)c2c1=O.[BH4-].[CH3-].[CH3-].[HH].[Pd]. The van der Waals surface area contributed by atoms with Crippen LogP contribution in [0.25, 0.3) is 11.0 Å². The number of methoxy groups -OCH3 is 3. The first-order valence-electron chi connectivity index (χ1n) is 28.8. The predicted molar refractivity (Wildman–Crippen MR) is 356 cm³/mol. The Balaban J connectivity index is 0.000000369. The summed E-state index contributed by atoms with van der Waals surface area (Å²) < 4.78 is 66.8. The summed E-state index contributed by atoms with van der Waals surface area (Å²) in [6.07, 6.45) is 11.2. The number of fused-ring (bicyclic) bond motifs is 3. The first-order valence-corrected chi connectivity index (χ1v) is 28.8. The van der Waals surface area contributed by atoms with Crippen LogP contribution in [0, 0.1) is 32.3 Å². The number of rotatable bonds is 24. The third-order valence-corrected chi connectivity index (χ3v) is 14.9. The van der Waals surface area contributed by atoms with Crippen molar-refractivity contribution in [2.75, 3.05) is 54.2 Å². The summed E-state index contributed by atoms with van der Waals surface area (Å²) in [4.78, 5) is 116. The van der Waals surface area contributed by atoms with Crippen LogP contribution in [-0.4, -0.2) is 124 Å². The van der Waals surface area contributed by atoms with Crippen LogP contribution < -0.4 is 32.1 Å². The molecule has 0 spiro atoms. The fraction of sp³-hybridized carbons (Fsp3) is 0.261. The topological polar surface area (TPSA) is 258 Å². The van der Waals surface area contributed by atoms with E-state index >= 15 is 0 Å². The molecule has 0 unspecified atom stereocenters. The second kappa shape index (κ2) is 36.8. The molecule has 4 aromatic carbocycles. The average molecular weight is 1400 g/mol. The Hall–Kier alpha value is -9.57. The largest absolute Gasteiger partial charge is 0.503 e. The molecule has 0 radical (unpaired) electrons. The molecule has 0 aliphatic carbocycles. The van der Waals surface area contributed by atoms with Gasteiger partial charge in [0.05, 0.1) is 36.5 Å². The molecule has 0 bridgehead atoms. The molecule has 9 aromatic rings. The van der Waals surface area contributed by atoms with Crippen LogP contribution >= 0.6 is 0 Å². The molecule has 2 N–H and O–H groups in total. The Kier molecular flexibility index (Phi) is 30.1. The zero-order valence-corrected chi connectivity index (χ0v) is 53.9. The number of hydrogen-bond acceptors (Lipinski definition) is 15. The number of ketones is 3. The Bertz CT molecular complexity index is 4440. The second-order valence-corrected chi connectivity index (χ2v) is 21.0. The maximum absolute atomic E-state index is 13.4. The molecular formula is C69H77BF3N6O15Pd-3. The van der Waals surface area contributed by atoms with Gasteiger partial charge in [0, 0.05) is 139 Å². The number of carbonyl (C=O) groups is 4. The summed E-state index contributed by atoms with van der Waals surface area (Å²) >= 11 is 0. The summed E-state index contributed by atoms with van der Waals surface area (Å²) in [6, 6.07) is 26.6. The van der Waals surface area contributed by atoms with E-state index in [1.54, 1.807) is 48.8 Å². The zero-order valence-electron chi connectivity index (χ0n) is 52.3. The van der Waals surface area contributed by atoms with Gasteiger partial charge in [-0.1, -0.05) is 75.1 Å². The molecule has 26 heteroatoms. The van der Waals surface area contributed by atoms with Gasteiger partial charge in [-0.15, -0.1) is 0 Å². The molecule has 0 fully saturated rings. The van der Waals surface area contributed by atoms with Gasteiger partial charge in [0.15, 0.2) is 51.3 Å². The molecule has 0 saturated heterocycles. The number of aryl methyl sites for hydroxylation is 3. The fourth-order valence-electron chi connectivity index (χ4n) is 9.86. The molecule has 510 valence electrons. The number of Topliss-reactive ketones (excluding diaryl/α,β-unsaturated/α-hetero) is 3. The van der Waals surface area contributed by atoms with Crippen molar-refractivity contribution in [3.05, 3.63) is 275 Å². The van der Waals surface area contributed by atoms with Crippen LogP contribution in [0.3, 0.4) is 0 Å². The summed E-state index contributed by atoms with van der Waals surface area (Å²) in [6.45, 7) is 2.68. The molecule has 10 rings (SSSR count). The van der Waals surface area contributed by atoms with E-state index in [-0.39, 0.29) is 140 Å². The van der Waals surface area contributed by atoms with E-state index in [2.05, 4.69) is 0 Å². The fourth-order valence-corrected chi connectivity index (χ4v) is 9.86. The number of benzene rings is 4. The minimum Gasteiger partial charge on any atom is -0.503 e. The average Bonchev–Trinajstić information content (AvgIpc) is 1.34. The number of pyridine rings is 3. The molecule has 0 saturated carbocycles. The smallest absolute Gasteiger partial charge is 0.278 e. The molecule has 1 amide bonds. The van der Waals surface area contributed by atoms with Crippen LogP contribution in [0.4, 0.5) is 13.2 Å². The first kappa shape index (κ1) is 77.9.